The van der Waals surface area contributed by atoms with Crippen LogP contribution in [0.25, 0.3) is 0 Å². The third kappa shape index (κ3) is 3.67. The largest absolute Gasteiger partial charge is 0.468 e. The maximum absolute atomic E-state index is 13.0. The standard InChI is InChI=1S/C22H22N2O4/c1-4-20(25)23(2)17-11-9-15(10-12-17)21(26)24-13-16-7-5-6-8-18(16)19(14-24)22(27)28-3/h4-12,19H,1,13-14H2,2-3H3. The van der Waals surface area contributed by atoms with Crippen molar-refractivity contribution in [2.75, 3.05) is 25.6 Å². The van der Waals surface area contributed by atoms with Crippen LogP contribution in [-0.2, 0) is 20.9 Å². The van der Waals surface area contributed by atoms with Crippen molar-refractivity contribution in [3.63, 3.8) is 0 Å². The number of amides is 2. The molecule has 0 fully saturated rings. The monoisotopic (exact) mass is 378 g/mol. The lowest BCUT2D eigenvalue weighted by Crippen LogP contribution is -2.41. The average molecular weight is 378 g/mol. The Morgan fingerprint density at radius 1 is 1.14 bits per heavy atom. The first-order valence-electron chi connectivity index (χ1n) is 8.91. The molecule has 2 amide bonds. The number of esters is 1. The second-order valence-electron chi connectivity index (χ2n) is 6.61. The molecule has 6 heteroatoms. The zero-order valence-corrected chi connectivity index (χ0v) is 15.9. The fourth-order valence-corrected chi connectivity index (χ4v) is 3.38. The van der Waals surface area contributed by atoms with Crippen molar-refractivity contribution in [1.29, 1.82) is 0 Å². The highest BCUT2D eigenvalue weighted by atomic mass is 16.5. The molecule has 1 heterocycles. The molecule has 2 aromatic carbocycles. The number of methoxy groups -OCH3 is 1. The Morgan fingerprint density at radius 2 is 1.82 bits per heavy atom. The van der Waals surface area contributed by atoms with E-state index in [-0.39, 0.29) is 24.3 Å². The number of nitrogens with zero attached hydrogens (tertiary/aromatic N) is 2. The van der Waals surface area contributed by atoms with Crippen LogP contribution >= 0.6 is 0 Å². The van der Waals surface area contributed by atoms with E-state index in [1.165, 1.54) is 18.1 Å². The molecule has 0 N–H and O–H groups in total. The third-order valence-electron chi connectivity index (χ3n) is 4.97. The summed E-state index contributed by atoms with van der Waals surface area (Å²) in [7, 11) is 2.99. The number of hydrogen-bond donors (Lipinski definition) is 0. The fourth-order valence-electron chi connectivity index (χ4n) is 3.38. The van der Waals surface area contributed by atoms with Gasteiger partial charge in [0.2, 0.25) is 5.91 Å². The number of anilines is 1. The molecule has 0 aromatic heterocycles. The number of likely N-dealkylation sites (N-methyl/N-ethyl adjacent to an activating group) is 1. The number of fused-ring (bicyclic) bond motifs is 1. The van der Waals surface area contributed by atoms with E-state index in [2.05, 4.69) is 6.58 Å². The number of carbonyl (C=O) groups is 3. The molecule has 1 aliphatic heterocycles. The molecular formula is C22H22N2O4. The summed E-state index contributed by atoms with van der Waals surface area (Å²) in [4.78, 5) is 40.1. The normalized spacial score (nSPS) is 15.4. The van der Waals surface area contributed by atoms with E-state index in [0.717, 1.165) is 11.1 Å². The van der Waals surface area contributed by atoms with Crippen molar-refractivity contribution < 1.29 is 19.1 Å². The highest BCUT2D eigenvalue weighted by molar-refractivity contribution is 6.01. The molecule has 0 saturated heterocycles. The lowest BCUT2D eigenvalue weighted by molar-refractivity contribution is -0.143. The van der Waals surface area contributed by atoms with Crippen LogP contribution in [0, 0.1) is 0 Å². The molecule has 6 nitrogen and oxygen atoms in total. The first-order chi connectivity index (χ1) is 13.5. The summed E-state index contributed by atoms with van der Waals surface area (Å²) in [5, 5.41) is 0. The SMILES string of the molecule is C=CC(=O)N(C)c1ccc(C(=O)N2Cc3ccccc3C(C(=O)OC)C2)cc1. The predicted octanol–water partition coefficient (Wildman–Crippen LogP) is 2.75. The van der Waals surface area contributed by atoms with Gasteiger partial charge in [-0.05, 0) is 41.5 Å². The van der Waals surface area contributed by atoms with Crippen molar-refractivity contribution in [3.05, 3.63) is 77.9 Å². The Balaban J connectivity index is 1.84. The first-order valence-corrected chi connectivity index (χ1v) is 8.91. The van der Waals surface area contributed by atoms with Crippen LogP contribution in [0.4, 0.5) is 5.69 Å². The van der Waals surface area contributed by atoms with E-state index >= 15 is 0 Å². The number of benzene rings is 2. The summed E-state index contributed by atoms with van der Waals surface area (Å²) < 4.78 is 4.93. The van der Waals surface area contributed by atoms with Gasteiger partial charge in [-0.25, -0.2) is 0 Å². The van der Waals surface area contributed by atoms with E-state index in [1.807, 2.05) is 24.3 Å². The summed E-state index contributed by atoms with van der Waals surface area (Å²) in [6.07, 6.45) is 1.23. The molecule has 1 aliphatic rings. The summed E-state index contributed by atoms with van der Waals surface area (Å²) in [6.45, 7) is 4.16. The Morgan fingerprint density at radius 3 is 2.46 bits per heavy atom. The Bertz CT molecular complexity index is 920. The highest BCUT2D eigenvalue weighted by Gasteiger charge is 2.33. The van der Waals surface area contributed by atoms with Crippen molar-refractivity contribution in [2.24, 2.45) is 0 Å². The minimum Gasteiger partial charge on any atom is -0.468 e. The third-order valence-corrected chi connectivity index (χ3v) is 4.97. The highest BCUT2D eigenvalue weighted by Crippen LogP contribution is 2.30. The molecule has 1 unspecified atom stereocenters. The van der Waals surface area contributed by atoms with Crippen molar-refractivity contribution in [3.8, 4) is 0 Å². The van der Waals surface area contributed by atoms with Crippen LogP contribution in [0.15, 0.2) is 61.2 Å². The summed E-state index contributed by atoms with van der Waals surface area (Å²) in [5.41, 5.74) is 2.99. The van der Waals surface area contributed by atoms with Crippen molar-refractivity contribution in [2.45, 2.75) is 12.5 Å². The molecule has 1 atom stereocenters. The van der Waals surface area contributed by atoms with Crippen LogP contribution in [-0.4, -0.2) is 43.4 Å². The maximum Gasteiger partial charge on any atom is 0.314 e. The lowest BCUT2D eigenvalue weighted by atomic mass is 9.89. The molecular weight excluding hydrogens is 356 g/mol. The van der Waals surface area contributed by atoms with Gasteiger partial charge in [-0.2, -0.15) is 0 Å². The van der Waals surface area contributed by atoms with Crippen LogP contribution in [0.5, 0.6) is 0 Å². The van der Waals surface area contributed by atoms with Crippen LogP contribution in [0.3, 0.4) is 0 Å². The van der Waals surface area contributed by atoms with Gasteiger partial charge in [0, 0.05) is 31.4 Å². The lowest BCUT2D eigenvalue weighted by Gasteiger charge is -2.33. The molecule has 144 valence electrons. The average Bonchev–Trinajstić information content (AvgIpc) is 2.76. The maximum atomic E-state index is 13.0. The van der Waals surface area contributed by atoms with Gasteiger partial charge < -0.3 is 14.5 Å². The zero-order valence-electron chi connectivity index (χ0n) is 15.9. The number of carbonyl (C=O) groups excluding carboxylic acids is 3. The quantitative estimate of drug-likeness (QED) is 0.606. The zero-order chi connectivity index (χ0) is 20.3. The molecule has 28 heavy (non-hydrogen) atoms. The molecule has 2 aromatic rings. The summed E-state index contributed by atoms with van der Waals surface area (Å²) >= 11 is 0. The number of ether oxygens (including phenoxy) is 1. The van der Waals surface area contributed by atoms with E-state index in [1.54, 1.807) is 36.2 Å². The molecule has 0 bridgehead atoms. The van der Waals surface area contributed by atoms with Gasteiger partial charge in [-0.15, -0.1) is 0 Å². The Labute approximate surface area is 164 Å². The van der Waals surface area contributed by atoms with E-state index in [9.17, 15) is 14.4 Å². The van der Waals surface area contributed by atoms with Gasteiger partial charge >= 0.3 is 5.97 Å². The first kappa shape index (κ1) is 19.4. The van der Waals surface area contributed by atoms with E-state index < -0.39 is 5.92 Å². The van der Waals surface area contributed by atoms with Crippen LogP contribution < -0.4 is 4.90 Å². The molecule has 0 radical (unpaired) electrons. The Hall–Kier alpha value is -3.41. The minimum absolute atomic E-state index is 0.173. The summed E-state index contributed by atoms with van der Waals surface area (Å²) in [5.74, 6) is -1.26. The van der Waals surface area contributed by atoms with Gasteiger partial charge in [0.15, 0.2) is 0 Å². The Kier molecular flexibility index (Phi) is 5.59. The summed E-state index contributed by atoms with van der Waals surface area (Å²) in [6, 6.07) is 14.4. The smallest absolute Gasteiger partial charge is 0.314 e. The van der Waals surface area contributed by atoms with Crippen molar-refractivity contribution >= 4 is 23.5 Å². The molecule has 0 spiro atoms. The van der Waals surface area contributed by atoms with Gasteiger partial charge in [0.1, 0.15) is 0 Å². The van der Waals surface area contributed by atoms with Gasteiger partial charge in [0.25, 0.3) is 5.91 Å². The second-order valence-corrected chi connectivity index (χ2v) is 6.61. The fraction of sp³-hybridized carbons (Fsp3) is 0.227. The molecule has 0 saturated carbocycles. The van der Waals surface area contributed by atoms with Gasteiger partial charge in [-0.3, -0.25) is 14.4 Å². The van der Waals surface area contributed by atoms with Crippen molar-refractivity contribution in [1.82, 2.24) is 4.90 Å². The van der Waals surface area contributed by atoms with E-state index in [4.69, 9.17) is 4.74 Å². The molecule has 3 rings (SSSR count). The topological polar surface area (TPSA) is 66.9 Å². The second kappa shape index (κ2) is 8.08. The van der Waals surface area contributed by atoms with Crippen LogP contribution in [0.2, 0.25) is 0 Å². The predicted molar refractivity (Wildman–Crippen MR) is 106 cm³/mol. The van der Waals surface area contributed by atoms with Gasteiger partial charge in [-0.1, -0.05) is 30.8 Å². The molecule has 0 aliphatic carbocycles. The van der Waals surface area contributed by atoms with E-state index in [0.29, 0.717) is 17.8 Å². The van der Waals surface area contributed by atoms with Crippen LogP contribution in [0.1, 0.15) is 27.4 Å². The van der Waals surface area contributed by atoms with Gasteiger partial charge in [0.05, 0.1) is 13.0 Å². The number of rotatable bonds is 4. The minimum atomic E-state index is -0.505. The number of hydrogen-bond acceptors (Lipinski definition) is 4.